The number of hydrogen-bond acceptors (Lipinski definition) is 5. The molecule has 0 spiro atoms. The molecule has 0 radical (unpaired) electrons. The molecular formula is C20H24N2O4. The fourth-order valence-electron chi connectivity index (χ4n) is 2.98. The minimum atomic E-state index is -0.335. The van der Waals surface area contributed by atoms with E-state index in [0.29, 0.717) is 31.2 Å². The second-order valence-corrected chi connectivity index (χ2v) is 6.50. The summed E-state index contributed by atoms with van der Waals surface area (Å²) >= 11 is 0. The third kappa shape index (κ3) is 4.19. The lowest BCUT2D eigenvalue weighted by atomic mass is 10.0. The Kier molecular flexibility index (Phi) is 5.83. The Hall–Kier alpha value is -2.47. The van der Waals surface area contributed by atoms with Crippen LogP contribution in [0, 0.1) is 0 Å². The monoisotopic (exact) mass is 356 g/mol. The summed E-state index contributed by atoms with van der Waals surface area (Å²) in [5.74, 6) is 0.0126. The first-order chi connectivity index (χ1) is 12.6. The lowest BCUT2D eigenvalue weighted by Gasteiger charge is -2.23. The normalized spacial score (nSPS) is 13.6. The zero-order valence-corrected chi connectivity index (χ0v) is 15.2. The smallest absolute Gasteiger partial charge is 0.307 e. The van der Waals surface area contributed by atoms with Crippen molar-refractivity contribution in [2.24, 2.45) is 0 Å². The molecule has 0 bridgehead atoms. The Balaban J connectivity index is 1.92. The van der Waals surface area contributed by atoms with Crippen molar-refractivity contribution in [1.82, 2.24) is 9.88 Å². The molecule has 0 aliphatic heterocycles. The fourth-order valence-corrected chi connectivity index (χ4v) is 2.98. The lowest BCUT2D eigenvalue weighted by Crippen LogP contribution is -2.36. The third-order valence-electron chi connectivity index (χ3n) is 4.63. The molecule has 0 atom stereocenters. The van der Waals surface area contributed by atoms with Crippen molar-refractivity contribution in [2.45, 2.75) is 25.2 Å². The number of amides is 1. The standard InChI is InChI=1S/C20H24N2O4/c1-25-12-11-22(10-9-19(23)26-2)20(24)16-13-18(14-7-8-14)21-17-6-4-3-5-15(16)17/h3-6,13-14H,7-12H2,1-2H3. The number of hydrogen-bond donors (Lipinski definition) is 0. The van der Waals surface area contributed by atoms with Crippen molar-refractivity contribution in [2.75, 3.05) is 33.9 Å². The quantitative estimate of drug-likeness (QED) is 0.680. The summed E-state index contributed by atoms with van der Waals surface area (Å²) in [5, 5.41) is 0.836. The van der Waals surface area contributed by atoms with E-state index in [1.807, 2.05) is 30.3 Å². The Morgan fingerprint density at radius 2 is 1.96 bits per heavy atom. The Bertz CT molecular complexity index is 801. The molecule has 3 rings (SSSR count). The van der Waals surface area contributed by atoms with Gasteiger partial charge in [0.05, 0.1) is 31.2 Å². The highest BCUT2D eigenvalue weighted by Gasteiger charge is 2.28. The van der Waals surface area contributed by atoms with E-state index in [0.717, 1.165) is 29.4 Å². The van der Waals surface area contributed by atoms with Gasteiger partial charge in [0.15, 0.2) is 0 Å². The van der Waals surface area contributed by atoms with Crippen LogP contribution >= 0.6 is 0 Å². The highest BCUT2D eigenvalue weighted by Crippen LogP contribution is 2.40. The molecule has 1 fully saturated rings. The van der Waals surface area contributed by atoms with E-state index in [2.05, 4.69) is 0 Å². The van der Waals surface area contributed by atoms with Gasteiger partial charge in [0, 0.05) is 37.2 Å². The number of benzene rings is 1. The molecule has 6 heteroatoms. The lowest BCUT2D eigenvalue weighted by molar-refractivity contribution is -0.140. The number of para-hydroxylation sites is 1. The van der Waals surface area contributed by atoms with Crippen LogP contribution in [-0.2, 0) is 14.3 Å². The van der Waals surface area contributed by atoms with Gasteiger partial charge in [-0.05, 0) is 25.0 Å². The molecule has 0 unspecified atom stereocenters. The fraction of sp³-hybridized carbons (Fsp3) is 0.450. The summed E-state index contributed by atoms with van der Waals surface area (Å²) in [6, 6.07) is 9.61. The summed E-state index contributed by atoms with van der Waals surface area (Å²) < 4.78 is 9.83. The van der Waals surface area contributed by atoms with Gasteiger partial charge in [-0.3, -0.25) is 14.6 Å². The molecule has 0 saturated heterocycles. The Labute approximate surface area is 153 Å². The molecule has 2 aromatic rings. The van der Waals surface area contributed by atoms with Gasteiger partial charge < -0.3 is 14.4 Å². The van der Waals surface area contributed by atoms with Gasteiger partial charge in [0.1, 0.15) is 0 Å². The molecule has 1 amide bonds. The van der Waals surface area contributed by atoms with Crippen molar-refractivity contribution in [3.63, 3.8) is 0 Å². The average molecular weight is 356 g/mol. The van der Waals surface area contributed by atoms with Crippen LogP contribution in [0.4, 0.5) is 0 Å². The summed E-state index contributed by atoms with van der Waals surface area (Å²) in [4.78, 5) is 31.1. The molecule has 1 heterocycles. The van der Waals surface area contributed by atoms with Crippen LogP contribution in [0.2, 0.25) is 0 Å². The Morgan fingerprint density at radius 1 is 1.19 bits per heavy atom. The van der Waals surface area contributed by atoms with E-state index in [9.17, 15) is 9.59 Å². The van der Waals surface area contributed by atoms with Crippen molar-refractivity contribution < 1.29 is 19.1 Å². The van der Waals surface area contributed by atoms with E-state index in [-0.39, 0.29) is 18.3 Å². The van der Waals surface area contributed by atoms with Gasteiger partial charge in [0.25, 0.3) is 5.91 Å². The molecule has 1 aromatic heterocycles. The van der Waals surface area contributed by atoms with Gasteiger partial charge >= 0.3 is 5.97 Å². The number of methoxy groups -OCH3 is 2. The van der Waals surface area contributed by atoms with E-state index < -0.39 is 0 Å². The minimum Gasteiger partial charge on any atom is -0.469 e. The number of ether oxygens (including phenoxy) is 2. The topological polar surface area (TPSA) is 68.7 Å². The van der Waals surface area contributed by atoms with Crippen molar-refractivity contribution in [3.8, 4) is 0 Å². The van der Waals surface area contributed by atoms with Crippen LogP contribution < -0.4 is 0 Å². The number of carbonyl (C=O) groups excluding carboxylic acids is 2. The molecule has 1 aromatic carbocycles. The summed E-state index contributed by atoms with van der Waals surface area (Å²) in [7, 11) is 2.94. The van der Waals surface area contributed by atoms with E-state index in [4.69, 9.17) is 14.5 Å². The average Bonchev–Trinajstić information content (AvgIpc) is 3.51. The number of esters is 1. The highest BCUT2D eigenvalue weighted by atomic mass is 16.5. The second-order valence-electron chi connectivity index (χ2n) is 6.50. The number of fused-ring (bicyclic) bond motifs is 1. The SMILES string of the molecule is COCCN(CCC(=O)OC)C(=O)c1cc(C2CC2)nc2ccccc12. The number of carbonyl (C=O) groups is 2. The van der Waals surface area contributed by atoms with Crippen LogP contribution in [0.15, 0.2) is 30.3 Å². The molecule has 26 heavy (non-hydrogen) atoms. The molecule has 1 saturated carbocycles. The minimum absolute atomic E-state index is 0.105. The highest BCUT2D eigenvalue weighted by molar-refractivity contribution is 6.06. The maximum Gasteiger partial charge on any atom is 0.307 e. The van der Waals surface area contributed by atoms with Crippen molar-refractivity contribution in [3.05, 3.63) is 41.6 Å². The third-order valence-corrected chi connectivity index (χ3v) is 4.63. The van der Waals surface area contributed by atoms with Crippen LogP contribution in [0.25, 0.3) is 10.9 Å². The molecular weight excluding hydrogens is 332 g/mol. The molecule has 0 N–H and O–H groups in total. The molecule has 1 aliphatic rings. The number of aromatic nitrogens is 1. The van der Waals surface area contributed by atoms with E-state index >= 15 is 0 Å². The summed E-state index contributed by atoms with van der Waals surface area (Å²) in [6.07, 6.45) is 2.40. The van der Waals surface area contributed by atoms with Crippen LogP contribution in [0.5, 0.6) is 0 Å². The summed E-state index contributed by atoms with van der Waals surface area (Å²) in [6.45, 7) is 1.12. The predicted molar refractivity (Wildman–Crippen MR) is 98.1 cm³/mol. The van der Waals surface area contributed by atoms with E-state index in [1.54, 1.807) is 12.0 Å². The number of rotatable bonds is 8. The zero-order chi connectivity index (χ0) is 18.5. The first kappa shape index (κ1) is 18.3. The molecule has 1 aliphatic carbocycles. The van der Waals surface area contributed by atoms with Crippen LogP contribution in [0.3, 0.4) is 0 Å². The largest absolute Gasteiger partial charge is 0.469 e. The van der Waals surface area contributed by atoms with Crippen LogP contribution in [0.1, 0.15) is 41.2 Å². The first-order valence-electron chi connectivity index (χ1n) is 8.88. The van der Waals surface area contributed by atoms with Gasteiger partial charge in [0.2, 0.25) is 0 Å². The zero-order valence-electron chi connectivity index (χ0n) is 15.2. The molecule has 6 nitrogen and oxygen atoms in total. The number of pyridine rings is 1. The predicted octanol–water partition coefficient (Wildman–Crippen LogP) is 2.76. The van der Waals surface area contributed by atoms with Crippen molar-refractivity contribution in [1.29, 1.82) is 0 Å². The second kappa shape index (κ2) is 8.27. The van der Waals surface area contributed by atoms with Gasteiger partial charge in [-0.15, -0.1) is 0 Å². The van der Waals surface area contributed by atoms with Crippen LogP contribution in [-0.4, -0.2) is 55.7 Å². The van der Waals surface area contributed by atoms with Gasteiger partial charge in [-0.25, -0.2) is 0 Å². The van der Waals surface area contributed by atoms with Crippen molar-refractivity contribution >= 4 is 22.8 Å². The van der Waals surface area contributed by atoms with Gasteiger partial charge in [-0.1, -0.05) is 18.2 Å². The van der Waals surface area contributed by atoms with Gasteiger partial charge in [-0.2, -0.15) is 0 Å². The number of nitrogens with zero attached hydrogens (tertiary/aromatic N) is 2. The van der Waals surface area contributed by atoms with E-state index in [1.165, 1.54) is 7.11 Å². The first-order valence-corrected chi connectivity index (χ1v) is 8.88. The molecule has 138 valence electrons. The summed E-state index contributed by atoms with van der Waals surface area (Å²) in [5.41, 5.74) is 2.45. The Morgan fingerprint density at radius 3 is 2.65 bits per heavy atom. The maximum atomic E-state index is 13.3. The maximum absolute atomic E-state index is 13.3.